The highest BCUT2D eigenvalue weighted by molar-refractivity contribution is 6.04. The smallest absolute Gasteiger partial charge is 0.300 e. The number of hydrogen-bond donors (Lipinski definition) is 1. The molecule has 0 heterocycles. The van der Waals surface area contributed by atoms with E-state index >= 15 is 0 Å². The van der Waals surface area contributed by atoms with E-state index in [9.17, 15) is 4.79 Å². The first-order valence-electron chi connectivity index (χ1n) is 7.26. The molecule has 1 amide bonds. The number of rotatable bonds is 7. The lowest BCUT2D eigenvalue weighted by molar-refractivity contribution is -0.111. The molecule has 5 nitrogen and oxygen atoms in total. The normalized spacial score (nSPS) is 9.45. The van der Waals surface area contributed by atoms with E-state index in [0.717, 1.165) is 25.7 Å². The predicted octanol–water partition coefficient (Wildman–Crippen LogP) is 3.23. The average Bonchev–Trinajstić information content (AvgIpc) is 2.53. The minimum atomic E-state index is -0.356. The van der Waals surface area contributed by atoms with Crippen LogP contribution in [0.1, 0.15) is 32.6 Å². The molecule has 0 bridgehead atoms. The largest absolute Gasteiger partial charge is 0.493 e. The first-order chi connectivity index (χ1) is 10.7. The molecule has 0 aliphatic carbocycles. The molecule has 0 aromatic heterocycles. The number of ether oxygens (including phenoxy) is 3. The maximum atomic E-state index is 11.8. The number of hydrogen-bond acceptors (Lipinski definition) is 4. The van der Waals surface area contributed by atoms with E-state index in [-0.39, 0.29) is 5.91 Å². The molecule has 0 aliphatic heterocycles. The molecule has 0 saturated heterocycles. The zero-order chi connectivity index (χ0) is 16.4. The van der Waals surface area contributed by atoms with Crippen molar-refractivity contribution >= 4 is 11.6 Å². The van der Waals surface area contributed by atoms with E-state index in [1.54, 1.807) is 12.1 Å². The number of amides is 1. The van der Waals surface area contributed by atoms with Crippen molar-refractivity contribution in [3.05, 3.63) is 12.1 Å². The van der Waals surface area contributed by atoms with E-state index in [2.05, 4.69) is 24.1 Å². The van der Waals surface area contributed by atoms with Crippen LogP contribution in [0.4, 0.5) is 5.69 Å². The van der Waals surface area contributed by atoms with Gasteiger partial charge in [-0.25, -0.2) is 0 Å². The molecule has 0 unspecified atom stereocenters. The summed E-state index contributed by atoms with van der Waals surface area (Å²) in [6.45, 7) is 2.13. The topological polar surface area (TPSA) is 56.8 Å². The summed E-state index contributed by atoms with van der Waals surface area (Å²) in [5.74, 6) is 6.54. The second-order valence-electron chi connectivity index (χ2n) is 4.63. The summed E-state index contributed by atoms with van der Waals surface area (Å²) < 4.78 is 15.7. The van der Waals surface area contributed by atoms with E-state index in [1.807, 2.05) is 0 Å². The molecule has 0 aliphatic rings. The summed E-state index contributed by atoms with van der Waals surface area (Å²) in [4.78, 5) is 11.8. The lowest BCUT2D eigenvalue weighted by Gasteiger charge is -2.13. The van der Waals surface area contributed by atoms with E-state index < -0.39 is 0 Å². The van der Waals surface area contributed by atoms with Crippen molar-refractivity contribution in [1.29, 1.82) is 0 Å². The fourth-order valence-corrected chi connectivity index (χ4v) is 1.92. The number of carbonyl (C=O) groups excluding carboxylic acids is 1. The van der Waals surface area contributed by atoms with Crippen LogP contribution in [-0.2, 0) is 4.79 Å². The van der Waals surface area contributed by atoms with Gasteiger partial charge in [0.25, 0.3) is 5.91 Å². The summed E-state index contributed by atoms with van der Waals surface area (Å²) in [5, 5.41) is 2.71. The van der Waals surface area contributed by atoms with Crippen LogP contribution in [-0.4, -0.2) is 27.2 Å². The molecular formula is C17H23NO4. The van der Waals surface area contributed by atoms with Gasteiger partial charge in [-0.1, -0.05) is 25.7 Å². The van der Waals surface area contributed by atoms with E-state index in [1.165, 1.54) is 21.3 Å². The van der Waals surface area contributed by atoms with Crippen LogP contribution in [0.5, 0.6) is 17.2 Å². The highest BCUT2D eigenvalue weighted by Crippen LogP contribution is 2.39. The van der Waals surface area contributed by atoms with Crippen molar-refractivity contribution < 1.29 is 19.0 Å². The Kier molecular flexibility index (Phi) is 7.69. The van der Waals surface area contributed by atoms with Crippen molar-refractivity contribution in [3.8, 4) is 29.1 Å². The molecule has 22 heavy (non-hydrogen) atoms. The molecular weight excluding hydrogens is 282 g/mol. The van der Waals surface area contributed by atoms with Crippen molar-refractivity contribution in [2.75, 3.05) is 26.6 Å². The third kappa shape index (κ3) is 5.21. The summed E-state index contributed by atoms with van der Waals surface area (Å²) in [6.07, 6.45) is 4.01. The van der Waals surface area contributed by atoms with Gasteiger partial charge in [0.05, 0.1) is 21.3 Å². The van der Waals surface area contributed by atoms with Crippen LogP contribution < -0.4 is 19.5 Å². The molecule has 0 spiro atoms. The van der Waals surface area contributed by atoms with Crippen LogP contribution in [0.15, 0.2) is 12.1 Å². The Labute approximate surface area is 131 Å². The number of benzene rings is 1. The number of methoxy groups -OCH3 is 3. The first kappa shape index (κ1) is 17.7. The predicted molar refractivity (Wildman–Crippen MR) is 86.6 cm³/mol. The van der Waals surface area contributed by atoms with Gasteiger partial charge in [0.2, 0.25) is 5.75 Å². The van der Waals surface area contributed by atoms with Gasteiger partial charge in [-0.2, -0.15) is 0 Å². The zero-order valence-corrected chi connectivity index (χ0v) is 13.6. The summed E-state index contributed by atoms with van der Waals surface area (Å²) in [7, 11) is 4.58. The van der Waals surface area contributed by atoms with Crippen LogP contribution in [0, 0.1) is 11.8 Å². The molecule has 1 aromatic carbocycles. The number of nitrogens with one attached hydrogen (secondary N) is 1. The maximum absolute atomic E-state index is 11.8. The Hall–Kier alpha value is -2.35. The van der Waals surface area contributed by atoms with Crippen LogP contribution in [0.3, 0.4) is 0 Å². The van der Waals surface area contributed by atoms with Crippen molar-refractivity contribution in [3.63, 3.8) is 0 Å². The molecule has 0 fully saturated rings. The van der Waals surface area contributed by atoms with Gasteiger partial charge in [-0.05, 0) is 12.3 Å². The van der Waals surface area contributed by atoms with Crippen molar-refractivity contribution in [2.45, 2.75) is 32.6 Å². The summed E-state index contributed by atoms with van der Waals surface area (Å²) in [5.41, 5.74) is 0.544. The highest BCUT2D eigenvalue weighted by Gasteiger charge is 2.13. The molecule has 5 heteroatoms. The van der Waals surface area contributed by atoms with Crippen LogP contribution in [0.2, 0.25) is 0 Å². The standard InChI is InChI=1S/C17H23NO4/c1-5-6-7-8-9-10-16(19)18-13-11-14(20-2)17(22-4)15(12-13)21-3/h11-12H,5-8H2,1-4H3,(H,18,19). The molecule has 1 N–H and O–H groups in total. The second kappa shape index (κ2) is 9.56. The molecule has 0 atom stereocenters. The zero-order valence-electron chi connectivity index (χ0n) is 13.6. The second-order valence-corrected chi connectivity index (χ2v) is 4.63. The van der Waals surface area contributed by atoms with Gasteiger partial charge in [-0.15, -0.1) is 0 Å². The van der Waals surface area contributed by atoms with Gasteiger partial charge in [0.15, 0.2) is 11.5 Å². The fraction of sp³-hybridized carbons (Fsp3) is 0.471. The van der Waals surface area contributed by atoms with Crippen LogP contribution in [0.25, 0.3) is 0 Å². The minimum absolute atomic E-state index is 0.356. The van der Waals surface area contributed by atoms with Gasteiger partial charge >= 0.3 is 0 Å². The lowest BCUT2D eigenvalue weighted by atomic mass is 10.2. The maximum Gasteiger partial charge on any atom is 0.300 e. The monoisotopic (exact) mass is 305 g/mol. The first-order valence-corrected chi connectivity index (χ1v) is 7.26. The van der Waals surface area contributed by atoms with E-state index in [0.29, 0.717) is 22.9 Å². The Morgan fingerprint density at radius 3 is 2.23 bits per heavy atom. The number of unbranched alkanes of at least 4 members (excludes halogenated alkanes) is 3. The molecule has 0 saturated carbocycles. The van der Waals surface area contributed by atoms with Crippen molar-refractivity contribution in [1.82, 2.24) is 0 Å². The molecule has 0 radical (unpaired) electrons. The fourth-order valence-electron chi connectivity index (χ4n) is 1.92. The van der Waals surface area contributed by atoms with Gasteiger partial charge < -0.3 is 19.5 Å². The average molecular weight is 305 g/mol. The Morgan fingerprint density at radius 1 is 1.09 bits per heavy atom. The number of anilines is 1. The van der Waals surface area contributed by atoms with E-state index in [4.69, 9.17) is 14.2 Å². The van der Waals surface area contributed by atoms with Crippen molar-refractivity contribution in [2.24, 2.45) is 0 Å². The molecule has 1 aromatic rings. The Bertz CT molecular complexity index is 533. The van der Waals surface area contributed by atoms with Crippen LogP contribution >= 0.6 is 0 Å². The Morgan fingerprint density at radius 2 is 1.73 bits per heavy atom. The quantitative estimate of drug-likeness (QED) is 0.620. The Balaban J connectivity index is 2.78. The summed E-state index contributed by atoms with van der Waals surface area (Å²) in [6, 6.07) is 3.33. The third-order valence-electron chi connectivity index (χ3n) is 3.03. The number of carbonyl (C=O) groups is 1. The SMILES string of the molecule is CCCCCC#CC(=O)Nc1cc(OC)c(OC)c(OC)c1. The minimum Gasteiger partial charge on any atom is -0.493 e. The van der Waals surface area contributed by atoms with Gasteiger partial charge in [0.1, 0.15) is 0 Å². The lowest BCUT2D eigenvalue weighted by Crippen LogP contribution is -2.09. The third-order valence-corrected chi connectivity index (χ3v) is 3.03. The molecule has 1 rings (SSSR count). The van der Waals surface area contributed by atoms with Gasteiger partial charge in [-0.3, -0.25) is 4.79 Å². The summed E-state index contributed by atoms with van der Waals surface area (Å²) >= 11 is 0. The highest BCUT2D eigenvalue weighted by atomic mass is 16.5. The van der Waals surface area contributed by atoms with Gasteiger partial charge in [0, 0.05) is 24.2 Å². The molecule has 120 valence electrons.